The molecule has 0 bridgehead atoms. The number of hydrogen-bond acceptors (Lipinski definition) is 7. The fourth-order valence-corrected chi connectivity index (χ4v) is 2.83. The predicted molar refractivity (Wildman–Crippen MR) is 116 cm³/mol. The first-order valence-corrected chi connectivity index (χ1v) is 9.54. The van der Waals surface area contributed by atoms with Gasteiger partial charge < -0.3 is 20.1 Å². The van der Waals surface area contributed by atoms with Crippen molar-refractivity contribution in [2.45, 2.75) is 26.8 Å². The molecule has 9 nitrogen and oxygen atoms in total. The first-order chi connectivity index (χ1) is 14.8. The second-order valence-corrected chi connectivity index (χ2v) is 6.63. The van der Waals surface area contributed by atoms with Gasteiger partial charge in [0.25, 0.3) is 11.6 Å². The van der Waals surface area contributed by atoms with Gasteiger partial charge in [-0.3, -0.25) is 14.9 Å². The molecule has 0 heterocycles. The second kappa shape index (κ2) is 10.6. The largest absolute Gasteiger partial charge is 0.494 e. The van der Waals surface area contributed by atoms with Crippen molar-refractivity contribution in [1.82, 2.24) is 5.32 Å². The Morgan fingerprint density at radius 3 is 2.65 bits per heavy atom. The summed E-state index contributed by atoms with van der Waals surface area (Å²) < 4.78 is 10.8. The van der Waals surface area contributed by atoms with Crippen LogP contribution in [0.4, 0.5) is 11.4 Å². The SMILES string of the molecule is CCOc1ccc(C)cc1C(C)N/C=C(/C#N)C(=O)Nc1ccc([N+](=O)[O-])cc1OC. The summed E-state index contributed by atoms with van der Waals surface area (Å²) in [6.45, 7) is 6.27. The molecule has 0 radical (unpaired) electrons. The van der Waals surface area contributed by atoms with Crippen LogP contribution in [0.5, 0.6) is 11.5 Å². The van der Waals surface area contributed by atoms with Gasteiger partial charge in [-0.05, 0) is 32.9 Å². The van der Waals surface area contributed by atoms with Crippen molar-refractivity contribution in [2.75, 3.05) is 19.0 Å². The van der Waals surface area contributed by atoms with Crippen LogP contribution in [0.2, 0.25) is 0 Å². The molecule has 9 heteroatoms. The maximum Gasteiger partial charge on any atom is 0.273 e. The Morgan fingerprint density at radius 2 is 2.03 bits per heavy atom. The monoisotopic (exact) mass is 424 g/mol. The van der Waals surface area contributed by atoms with E-state index >= 15 is 0 Å². The lowest BCUT2D eigenvalue weighted by atomic mass is 10.0. The number of nitrogens with zero attached hydrogens (tertiary/aromatic N) is 2. The summed E-state index contributed by atoms with van der Waals surface area (Å²) in [5.74, 6) is 0.158. The lowest BCUT2D eigenvalue weighted by Gasteiger charge is -2.18. The van der Waals surface area contributed by atoms with Crippen LogP contribution < -0.4 is 20.1 Å². The molecule has 0 saturated heterocycles. The summed E-state index contributed by atoms with van der Waals surface area (Å²) in [6, 6.07) is 11.2. The van der Waals surface area contributed by atoms with Gasteiger partial charge in [-0.15, -0.1) is 0 Å². The van der Waals surface area contributed by atoms with Gasteiger partial charge in [0, 0.05) is 17.8 Å². The minimum Gasteiger partial charge on any atom is -0.494 e. The molecular weight excluding hydrogens is 400 g/mol. The van der Waals surface area contributed by atoms with E-state index in [-0.39, 0.29) is 28.7 Å². The number of benzene rings is 2. The van der Waals surface area contributed by atoms with Crippen molar-refractivity contribution in [3.8, 4) is 17.6 Å². The Balaban J connectivity index is 2.19. The number of nitriles is 1. The highest BCUT2D eigenvalue weighted by atomic mass is 16.6. The number of rotatable bonds is 9. The van der Waals surface area contributed by atoms with Crippen LogP contribution in [0.15, 0.2) is 48.2 Å². The van der Waals surface area contributed by atoms with Gasteiger partial charge >= 0.3 is 0 Å². The van der Waals surface area contributed by atoms with Gasteiger partial charge in [-0.25, -0.2) is 0 Å². The van der Waals surface area contributed by atoms with Gasteiger partial charge in [0.1, 0.15) is 23.1 Å². The van der Waals surface area contributed by atoms with Crippen LogP contribution in [0.3, 0.4) is 0 Å². The zero-order chi connectivity index (χ0) is 23.0. The number of carbonyl (C=O) groups is 1. The van der Waals surface area contributed by atoms with Gasteiger partial charge in [-0.1, -0.05) is 17.7 Å². The summed E-state index contributed by atoms with van der Waals surface area (Å²) in [7, 11) is 1.33. The van der Waals surface area contributed by atoms with E-state index in [4.69, 9.17) is 9.47 Å². The molecule has 0 aliphatic rings. The minimum absolute atomic E-state index is 0.113. The highest BCUT2D eigenvalue weighted by Gasteiger charge is 2.17. The number of nitro groups is 1. The van der Waals surface area contributed by atoms with E-state index < -0.39 is 10.8 Å². The van der Waals surface area contributed by atoms with E-state index in [0.29, 0.717) is 6.61 Å². The lowest BCUT2D eigenvalue weighted by molar-refractivity contribution is -0.384. The quantitative estimate of drug-likeness (QED) is 0.269. The molecule has 0 aromatic heterocycles. The van der Waals surface area contributed by atoms with Crippen LogP contribution in [0, 0.1) is 28.4 Å². The first-order valence-electron chi connectivity index (χ1n) is 9.54. The number of aryl methyl sites for hydroxylation is 1. The molecule has 2 aromatic rings. The summed E-state index contributed by atoms with van der Waals surface area (Å²) in [5, 5.41) is 25.9. The Hall–Kier alpha value is -4.06. The summed E-state index contributed by atoms with van der Waals surface area (Å²) in [6.07, 6.45) is 1.33. The fourth-order valence-electron chi connectivity index (χ4n) is 2.83. The highest BCUT2D eigenvalue weighted by molar-refractivity contribution is 6.07. The fraction of sp³-hybridized carbons (Fsp3) is 0.273. The lowest BCUT2D eigenvalue weighted by Crippen LogP contribution is -2.19. The molecule has 2 N–H and O–H groups in total. The van der Waals surface area contributed by atoms with Crippen molar-refractivity contribution in [3.05, 3.63) is 69.4 Å². The van der Waals surface area contributed by atoms with Crippen molar-refractivity contribution in [1.29, 1.82) is 5.26 Å². The number of ether oxygens (including phenoxy) is 2. The predicted octanol–water partition coefficient (Wildman–Crippen LogP) is 4.01. The zero-order valence-corrected chi connectivity index (χ0v) is 17.8. The molecule has 31 heavy (non-hydrogen) atoms. The van der Waals surface area contributed by atoms with E-state index in [1.165, 1.54) is 31.5 Å². The average Bonchev–Trinajstić information content (AvgIpc) is 2.75. The smallest absolute Gasteiger partial charge is 0.273 e. The number of nitrogens with one attached hydrogen (secondary N) is 2. The molecule has 0 fully saturated rings. The maximum atomic E-state index is 12.5. The normalized spacial score (nSPS) is 11.8. The van der Waals surface area contributed by atoms with Gasteiger partial charge in [0.2, 0.25) is 0 Å². The third kappa shape index (κ3) is 5.96. The van der Waals surface area contributed by atoms with Crippen molar-refractivity contribution < 1.29 is 19.2 Å². The van der Waals surface area contributed by atoms with Gasteiger partial charge in [-0.2, -0.15) is 5.26 Å². The molecule has 1 atom stereocenters. The third-order valence-electron chi connectivity index (χ3n) is 4.42. The standard InChI is InChI=1S/C22H24N4O5/c1-5-31-20-9-6-14(2)10-18(20)15(3)24-13-16(12-23)22(27)25-19-8-7-17(26(28)29)11-21(19)30-4/h6-11,13,15,24H,5H2,1-4H3,(H,25,27)/b16-13-. The molecule has 0 aliphatic heterocycles. The van der Waals surface area contributed by atoms with Crippen molar-refractivity contribution >= 4 is 17.3 Å². The zero-order valence-electron chi connectivity index (χ0n) is 17.8. The molecule has 162 valence electrons. The van der Waals surface area contributed by atoms with Crippen LogP contribution in [-0.2, 0) is 4.79 Å². The molecule has 0 aliphatic carbocycles. The first kappa shape index (κ1) is 23.2. The number of anilines is 1. The van der Waals surface area contributed by atoms with Crippen LogP contribution in [0.1, 0.15) is 31.0 Å². The molecule has 1 unspecified atom stereocenters. The van der Waals surface area contributed by atoms with E-state index in [2.05, 4.69) is 10.6 Å². The number of non-ortho nitro benzene ring substituents is 1. The van der Waals surface area contributed by atoms with E-state index in [0.717, 1.165) is 16.9 Å². The topological polar surface area (TPSA) is 127 Å². The van der Waals surface area contributed by atoms with Crippen LogP contribution in [0.25, 0.3) is 0 Å². The van der Waals surface area contributed by atoms with E-state index in [9.17, 15) is 20.2 Å². The average molecular weight is 424 g/mol. The molecule has 2 aromatic carbocycles. The summed E-state index contributed by atoms with van der Waals surface area (Å²) in [5.41, 5.74) is 1.82. The number of methoxy groups -OCH3 is 1. The van der Waals surface area contributed by atoms with Crippen LogP contribution in [-0.4, -0.2) is 24.5 Å². The number of carbonyl (C=O) groups excluding carboxylic acids is 1. The molecule has 2 rings (SSSR count). The molecule has 0 saturated carbocycles. The molecule has 0 spiro atoms. The Kier molecular flexibility index (Phi) is 7.97. The summed E-state index contributed by atoms with van der Waals surface area (Å²) >= 11 is 0. The van der Waals surface area contributed by atoms with Crippen LogP contribution >= 0.6 is 0 Å². The van der Waals surface area contributed by atoms with E-state index in [1.807, 2.05) is 45.0 Å². The van der Waals surface area contributed by atoms with E-state index in [1.54, 1.807) is 0 Å². The Bertz CT molecular complexity index is 1040. The number of amides is 1. The molecule has 1 amide bonds. The Labute approximate surface area is 180 Å². The van der Waals surface area contributed by atoms with Crippen molar-refractivity contribution in [3.63, 3.8) is 0 Å². The minimum atomic E-state index is -0.677. The number of nitro benzene ring substituents is 1. The number of hydrogen-bond donors (Lipinski definition) is 2. The summed E-state index contributed by atoms with van der Waals surface area (Å²) in [4.78, 5) is 22.9. The van der Waals surface area contributed by atoms with Gasteiger partial charge in [0.05, 0.1) is 36.4 Å². The highest BCUT2D eigenvalue weighted by Crippen LogP contribution is 2.29. The maximum absolute atomic E-state index is 12.5. The third-order valence-corrected chi connectivity index (χ3v) is 4.42. The van der Waals surface area contributed by atoms with Crippen molar-refractivity contribution in [2.24, 2.45) is 0 Å². The second-order valence-electron chi connectivity index (χ2n) is 6.63. The van der Waals surface area contributed by atoms with Gasteiger partial charge in [0.15, 0.2) is 0 Å². The Morgan fingerprint density at radius 1 is 1.29 bits per heavy atom. The molecular formula is C22H24N4O5.